The molecule has 31 heavy (non-hydrogen) atoms. The Hall–Kier alpha value is -3.27. The lowest BCUT2D eigenvalue weighted by Gasteiger charge is -2.08. The van der Waals surface area contributed by atoms with E-state index in [4.69, 9.17) is 5.73 Å². The van der Waals surface area contributed by atoms with Gasteiger partial charge in [-0.2, -0.15) is 13.2 Å². The Kier molecular flexibility index (Phi) is 9.81. The molecule has 10 heteroatoms. The Labute approximate surface area is 182 Å². The molecule has 0 amide bonds. The Morgan fingerprint density at radius 1 is 1.26 bits per heavy atom. The second-order valence-corrected chi connectivity index (χ2v) is 7.36. The monoisotopic (exact) mass is 453 g/mol. The van der Waals surface area contributed by atoms with Crippen LogP contribution in [-0.2, 0) is 15.7 Å². The number of nitrogens with zero attached hydrogens (tertiary/aromatic N) is 2. The number of benzene rings is 1. The number of halogens is 3. The van der Waals surface area contributed by atoms with Crippen LogP contribution in [0.1, 0.15) is 36.8 Å². The van der Waals surface area contributed by atoms with E-state index in [0.717, 1.165) is 42.4 Å². The molecule has 0 unspecified atom stereocenters. The maximum absolute atomic E-state index is 12.7. The summed E-state index contributed by atoms with van der Waals surface area (Å²) < 4.78 is 42.6. The van der Waals surface area contributed by atoms with Crippen LogP contribution in [0.5, 0.6) is 0 Å². The number of aromatic nitrogens is 1. The molecular formula is C21H22F3N3O3S. The van der Waals surface area contributed by atoms with Crippen molar-refractivity contribution in [2.24, 2.45) is 4.99 Å². The van der Waals surface area contributed by atoms with Crippen molar-refractivity contribution in [3.63, 3.8) is 0 Å². The minimum atomic E-state index is -4.46. The Morgan fingerprint density at radius 3 is 2.48 bits per heavy atom. The van der Waals surface area contributed by atoms with Crippen molar-refractivity contribution in [2.45, 2.75) is 26.9 Å². The number of thiazole rings is 1. The summed E-state index contributed by atoms with van der Waals surface area (Å²) in [5.41, 5.74) is 6.65. The van der Waals surface area contributed by atoms with E-state index in [1.165, 1.54) is 12.1 Å². The zero-order valence-electron chi connectivity index (χ0n) is 17.4. The number of alkyl halides is 3. The first-order valence-corrected chi connectivity index (χ1v) is 9.62. The molecule has 0 aliphatic heterocycles. The highest BCUT2D eigenvalue weighted by molar-refractivity contribution is 7.19. The summed E-state index contributed by atoms with van der Waals surface area (Å²) in [5, 5.41) is 0.0813. The number of allylic oxidation sites excluding steroid dienone is 3. The number of carbonyl (C=O) groups is 2. The molecule has 0 saturated heterocycles. The number of carbonyl (C=O) groups excluding carboxylic acids is 2. The summed E-state index contributed by atoms with van der Waals surface area (Å²) in [7, 11) is 1.16. The molecule has 2 aromatic rings. The van der Waals surface area contributed by atoms with E-state index >= 15 is 0 Å². The van der Waals surface area contributed by atoms with Gasteiger partial charge in [-0.1, -0.05) is 29.0 Å². The Bertz CT molecular complexity index is 1000. The smallest absolute Gasteiger partial charge is 0.416 e. The number of nitrogen functional groups attached to an aromatic ring is 1. The number of esters is 1. The molecule has 0 bridgehead atoms. The summed E-state index contributed by atoms with van der Waals surface area (Å²) in [6, 6.07) is 4.61. The molecule has 1 aromatic carbocycles. The fourth-order valence-electron chi connectivity index (χ4n) is 2.00. The van der Waals surface area contributed by atoms with Gasteiger partial charge in [-0.05, 0) is 50.1 Å². The lowest BCUT2D eigenvalue weighted by Crippen LogP contribution is -2.06. The molecule has 0 atom stereocenters. The van der Waals surface area contributed by atoms with Crippen LogP contribution in [0.2, 0.25) is 0 Å². The summed E-state index contributed by atoms with van der Waals surface area (Å²) in [4.78, 5) is 29.6. The van der Waals surface area contributed by atoms with Gasteiger partial charge in [0.05, 0.1) is 17.6 Å². The lowest BCUT2D eigenvalue weighted by molar-refractivity contribution is -0.137. The first-order valence-electron chi connectivity index (χ1n) is 8.80. The van der Waals surface area contributed by atoms with E-state index in [1.807, 2.05) is 13.8 Å². The van der Waals surface area contributed by atoms with Crippen LogP contribution in [0, 0.1) is 0 Å². The number of ether oxygens (including phenoxy) is 1. The van der Waals surface area contributed by atoms with E-state index in [9.17, 15) is 22.8 Å². The van der Waals surface area contributed by atoms with Gasteiger partial charge in [0.15, 0.2) is 10.8 Å². The van der Waals surface area contributed by atoms with Crippen LogP contribution in [0.25, 0.3) is 10.4 Å². The minimum absolute atomic E-state index is 0.0813. The van der Waals surface area contributed by atoms with Crippen LogP contribution in [-0.4, -0.2) is 30.6 Å². The van der Waals surface area contributed by atoms with E-state index in [-0.39, 0.29) is 21.3 Å². The van der Waals surface area contributed by atoms with Gasteiger partial charge in [0.1, 0.15) is 6.29 Å². The van der Waals surface area contributed by atoms with Gasteiger partial charge in [-0.25, -0.2) is 9.78 Å². The average Bonchev–Trinajstić information content (AvgIpc) is 3.12. The van der Waals surface area contributed by atoms with E-state index < -0.39 is 17.7 Å². The molecular weight excluding hydrogens is 431 g/mol. The zero-order valence-corrected chi connectivity index (χ0v) is 18.2. The topological polar surface area (TPSA) is 94.6 Å². The molecule has 0 fully saturated rings. The maximum Gasteiger partial charge on any atom is 0.416 e. The summed E-state index contributed by atoms with van der Waals surface area (Å²) in [6.45, 7) is 5.67. The molecule has 0 radical (unpaired) electrons. The molecule has 2 rings (SSSR count). The molecule has 2 N–H and O–H groups in total. The molecule has 0 spiro atoms. The van der Waals surface area contributed by atoms with Crippen LogP contribution in [0.15, 0.2) is 52.7 Å². The Balaban J connectivity index is 0.000000373. The third kappa shape index (κ3) is 8.55. The number of methoxy groups -OCH3 is 1. The Morgan fingerprint density at radius 2 is 1.94 bits per heavy atom. The number of hydrogen-bond acceptors (Lipinski definition) is 7. The van der Waals surface area contributed by atoms with Crippen molar-refractivity contribution in [1.82, 2.24) is 4.98 Å². The molecule has 6 nitrogen and oxygen atoms in total. The quantitative estimate of drug-likeness (QED) is 0.286. The van der Waals surface area contributed by atoms with E-state index in [2.05, 4.69) is 14.7 Å². The van der Waals surface area contributed by atoms with Crippen molar-refractivity contribution in [3.8, 4) is 10.4 Å². The van der Waals surface area contributed by atoms with Crippen molar-refractivity contribution in [1.29, 1.82) is 0 Å². The van der Waals surface area contributed by atoms with Gasteiger partial charge >= 0.3 is 12.1 Å². The zero-order chi connectivity index (χ0) is 23.6. The number of anilines is 1. The molecule has 0 aliphatic carbocycles. The number of aliphatic imine (C=N–C) groups is 1. The van der Waals surface area contributed by atoms with E-state index in [0.29, 0.717) is 5.57 Å². The number of aldehydes is 1. The molecule has 1 aromatic heterocycles. The van der Waals surface area contributed by atoms with Gasteiger partial charge in [0, 0.05) is 12.4 Å². The molecule has 0 aliphatic rings. The third-order valence-electron chi connectivity index (χ3n) is 3.42. The fourth-order valence-corrected chi connectivity index (χ4v) is 2.81. The lowest BCUT2D eigenvalue weighted by atomic mass is 10.1. The maximum atomic E-state index is 12.7. The highest BCUT2D eigenvalue weighted by atomic mass is 32.1. The van der Waals surface area contributed by atoms with Crippen LogP contribution in [0.3, 0.4) is 0 Å². The second-order valence-electron chi connectivity index (χ2n) is 6.33. The van der Waals surface area contributed by atoms with Gasteiger partial charge in [0.2, 0.25) is 0 Å². The second kappa shape index (κ2) is 11.8. The first-order chi connectivity index (χ1) is 14.5. The fraction of sp³-hybridized carbons (Fsp3) is 0.238. The predicted octanol–water partition coefficient (Wildman–Crippen LogP) is 5.32. The van der Waals surface area contributed by atoms with Gasteiger partial charge in [-0.15, -0.1) is 0 Å². The first kappa shape index (κ1) is 25.8. The highest BCUT2D eigenvalue weighted by Gasteiger charge is 2.31. The van der Waals surface area contributed by atoms with Gasteiger partial charge < -0.3 is 10.5 Å². The van der Waals surface area contributed by atoms with Gasteiger partial charge in [0.25, 0.3) is 0 Å². The number of rotatable bonds is 5. The van der Waals surface area contributed by atoms with E-state index in [1.54, 1.807) is 25.4 Å². The van der Waals surface area contributed by atoms with Crippen LogP contribution >= 0.6 is 11.3 Å². The summed E-state index contributed by atoms with van der Waals surface area (Å²) in [6.07, 6.45) is 1.37. The predicted molar refractivity (Wildman–Crippen MR) is 116 cm³/mol. The largest absolute Gasteiger partial charge is 0.464 e. The summed E-state index contributed by atoms with van der Waals surface area (Å²) in [5.74, 6) is -0.745. The average molecular weight is 453 g/mol. The van der Waals surface area contributed by atoms with Gasteiger partial charge in [-0.3, -0.25) is 9.79 Å². The highest BCUT2D eigenvalue weighted by Crippen LogP contribution is 2.36. The van der Waals surface area contributed by atoms with Crippen LogP contribution < -0.4 is 5.73 Å². The van der Waals surface area contributed by atoms with Crippen molar-refractivity contribution < 1.29 is 27.5 Å². The normalized spacial score (nSPS) is 11.5. The molecule has 166 valence electrons. The van der Waals surface area contributed by atoms with Crippen molar-refractivity contribution >= 4 is 34.9 Å². The molecule has 0 saturated carbocycles. The minimum Gasteiger partial charge on any atom is -0.464 e. The third-order valence-corrected chi connectivity index (χ3v) is 4.35. The summed E-state index contributed by atoms with van der Waals surface area (Å²) >= 11 is 0.929. The number of nitrogens with two attached hydrogens (primary N) is 1. The van der Waals surface area contributed by atoms with Crippen molar-refractivity contribution in [3.05, 3.63) is 58.9 Å². The van der Waals surface area contributed by atoms with Crippen LogP contribution in [0.4, 0.5) is 18.3 Å². The standard InChI is InChI=1S/C12H9F3N2O2S.C9H13NO/c1-19-10(18)8-9(20-11(16)17-8)6-3-2-4-7(5-6)12(13,14)15;1-8(2)6-10-5-4-9(3)7-11/h2-5H,1H3,(H2,16,17);4-7H,1-3H3/b;9-4+,10-5?. The van der Waals surface area contributed by atoms with Crippen molar-refractivity contribution in [2.75, 3.05) is 12.8 Å². The SMILES string of the molecule is CC(C)=CN=C/C=C(\C)C=O.COC(=O)c1nc(N)sc1-c1cccc(C(F)(F)F)c1. The molecule has 1 heterocycles. The number of hydrogen-bond donors (Lipinski definition) is 1.